The van der Waals surface area contributed by atoms with Crippen molar-refractivity contribution in [2.45, 2.75) is 25.8 Å². The number of nitrogens with two attached hydrogens (primary N) is 1. The maximum Gasteiger partial charge on any atom is 0.162 e. The van der Waals surface area contributed by atoms with Crippen molar-refractivity contribution in [3.05, 3.63) is 78.5 Å². The molecule has 1 fully saturated rings. The summed E-state index contributed by atoms with van der Waals surface area (Å²) in [6.07, 6.45) is 5.27. The molecule has 5 rings (SSSR count). The van der Waals surface area contributed by atoms with E-state index in [0.29, 0.717) is 41.6 Å². The fourth-order valence-electron chi connectivity index (χ4n) is 4.23. The van der Waals surface area contributed by atoms with E-state index in [9.17, 15) is 4.39 Å². The lowest BCUT2D eigenvalue weighted by Gasteiger charge is -2.33. The number of nitrogen functional groups attached to an aromatic ring is 1. The van der Waals surface area contributed by atoms with Gasteiger partial charge in [0.2, 0.25) is 0 Å². The van der Waals surface area contributed by atoms with Gasteiger partial charge < -0.3 is 15.4 Å². The van der Waals surface area contributed by atoms with Crippen LogP contribution in [0.4, 0.5) is 10.1 Å². The Labute approximate surface area is 191 Å². The molecule has 0 bridgehead atoms. The van der Waals surface area contributed by atoms with E-state index < -0.39 is 0 Å². The molecule has 1 aromatic heterocycles. The van der Waals surface area contributed by atoms with E-state index in [1.54, 1.807) is 17.0 Å². The van der Waals surface area contributed by atoms with Gasteiger partial charge in [0, 0.05) is 36.6 Å². The van der Waals surface area contributed by atoms with Crippen LogP contribution in [0.3, 0.4) is 0 Å². The number of ether oxygens (including phenoxy) is 1. The number of nitrogens with zero attached hydrogens (tertiary/aromatic N) is 5. The van der Waals surface area contributed by atoms with Crippen LogP contribution in [0.1, 0.15) is 25.3 Å². The summed E-state index contributed by atoms with van der Waals surface area (Å²) in [4.78, 5) is 16.4. The minimum absolute atomic E-state index is 0.177. The van der Waals surface area contributed by atoms with Crippen LogP contribution in [0.5, 0.6) is 0 Å². The Bertz CT molecular complexity index is 1300. The highest BCUT2D eigenvalue weighted by Crippen LogP contribution is 2.29. The summed E-state index contributed by atoms with van der Waals surface area (Å²) in [5, 5.41) is 0. The first kappa shape index (κ1) is 21.1. The van der Waals surface area contributed by atoms with Crippen LogP contribution < -0.4 is 5.73 Å². The van der Waals surface area contributed by atoms with E-state index in [2.05, 4.69) is 16.5 Å². The third-order valence-electron chi connectivity index (χ3n) is 5.93. The number of aliphatic imine (C=N–C) groups is 2. The molecule has 3 aromatic rings. The van der Waals surface area contributed by atoms with Crippen molar-refractivity contribution in [1.29, 1.82) is 0 Å². The first-order valence-electron chi connectivity index (χ1n) is 10.9. The Morgan fingerprint density at radius 2 is 1.97 bits per heavy atom. The minimum atomic E-state index is -0.336. The van der Waals surface area contributed by atoms with Crippen molar-refractivity contribution in [2.75, 3.05) is 18.9 Å². The summed E-state index contributed by atoms with van der Waals surface area (Å²) in [5.41, 5.74) is 9.61. The van der Waals surface area contributed by atoms with Crippen LogP contribution in [0.25, 0.3) is 16.9 Å². The van der Waals surface area contributed by atoms with E-state index in [-0.39, 0.29) is 11.9 Å². The second kappa shape index (κ2) is 8.63. The molecule has 168 valence electrons. The fraction of sp³-hybridized carbons (Fsp3) is 0.240. The summed E-state index contributed by atoms with van der Waals surface area (Å²) in [7, 11) is 0. The van der Waals surface area contributed by atoms with Gasteiger partial charge in [-0.15, -0.1) is 0 Å². The zero-order chi connectivity index (χ0) is 22.9. The average Bonchev–Trinajstić information content (AvgIpc) is 3.41. The molecule has 1 saturated heterocycles. The zero-order valence-corrected chi connectivity index (χ0v) is 18.4. The third kappa shape index (κ3) is 3.93. The predicted octanol–water partition coefficient (Wildman–Crippen LogP) is 4.43. The molecular formula is C25H25FN6O. The molecule has 7 nitrogen and oxygen atoms in total. The Hall–Kier alpha value is -3.78. The van der Waals surface area contributed by atoms with Crippen LogP contribution in [0.15, 0.2) is 77.1 Å². The highest BCUT2D eigenvalue weighted by molar-refractivity contribution is 6.21. The van der Waals surface area contributed by atoms with Gasteiger partial charge in [0.05, 0.1) is 11.0 Å². The summed E-state index contributed by atoms with van der Waals surface area (Å²) < 4.78 is 21.2. The maximum atomic E-state index is 13.9. The number of allylic oxidation sites excluding steroid dienone is 1. The molecule has 0 aliphatic carbocycles. The number of halogens is 1. The monoisotopic (exact) mass is 444 g/mol. The van der Waals surface area contributed by atoms with Crippen molar-refractivity contribution < 1.29 is 9.13 Å². The molecule has 33 heavy (non-hydrogen) atoms. The van der Waals surface area contributed by atoms with E-state index >= 15 is 0 Å². The molecule has 3 heterocycles. The number of hydrogen-bond acceptors (Lipinski definition) is 5. The van der Waals surface area contributed by atoms with Crippen LogP contribution in [0, 0.1) is 5.82 Å². The standard InChI is InChI=1S/C25H25FN6O/c1-3-21-25(29-16(2)31-15-28-22-9-6-18(26)14-23(22)31)32(20-10-12-33-13-11-20)24(30-21)17-4-7-19(27)8-5-17/h3-9,14-15,20H,2,10-13,27H2,1H3/b21-3+,29-25+. The van der Waals surface area contributed by atoms with Gasteiger partial charge in [-0.3, -0.25) is 4.57 Å². The van der Waals surface area contributed by atoms with Gasteiger partial charge in [0.1, 0.15) is 29.5 Å². The van der Waals surface area contributed by atoms with E-state index in [4.69, 9.17) is 20.5 Å². The second-order valence-electron chi connectivity index (χ2n) is 8.04. The van der Waals surface area contributed by atoms with Gasteiger partial charge in [-0.25, -0.2) is 19.4 Å². The lowest BCUT2D eigenvalue weighted by Crippen LogP contribution is -2.44. The molecule has 2 aromatic carbocycles. The number of fused-ring (bicyclic) bond motifs is 1. The molecule has 0 atom stereocenters. The maximum absolute atomic E-state index is 13.9. The first-order chi connectivity index (χ1) is 16.0. The lowest BCUT2D eigenvalue weighted by molar-refractivity contribution is 0.0682. The van der Waals surface area contributed by atoms with Gasteiger partial charge in [-0.1, -0.05) is 12.7 Å². The quantitative estimate of drug-likeness (QED) is 0.604. The minimum Gasteiger partial charge on any atom is -0.399 e. The first-order valence-corrected chi connectivity index (χ1v) is 10.9. The predicted molar refractivity (Wildman–Crippen MR) is 129 cm³/mol. The number of benzene rings is 2. The molecule has 0 spiro atoms. The molecule has 0 amide bonds. The van der Waals surface area contributed by atoms with Crippen LogP contribution in [0.2, 0.25) is 0 Å². The lowest BCUT2D eigenvalue weighted by atomic mass is 10.0. The Kier molecular flexibility index (Phi) is 5.51. The van der Waals surface area contributed by atoms with Crippen molar-refractivity contribution in [3.8, 4) is 0 Å². The molecule has 2 aliphatic rings. The Morgan fingerprint density at radius 3 is 2.70 bits per heavy atom. The van der Waals surface area contributed by atoms with Gasteiger partial charge in [-0.2, -0.15) is 0 Å². The molecule has 0 unspecified atom stereocenters. The smallest absolute Gasteiger partial charge is 0.162 e. The van der Waals surface area contributed by atoms with Gasteiger partial charge in [0.15, 0.2) is 5.84 Å². The molecule has 2 aliphatic heterocycles. The van der Waals surface area contributed by atoms with Gasteiger partial charge in [0.25, 0.3) is 0 Å². The van der Waals surface area contributed by atoms with Gasteiger partial charge >= 0.3 is 0 Å². The van der Waals surface area contributed by atoms with Crippen molar-refractivity contribution in [1.82, 2.24) is 14.5 Å². The van der Waals surface area contributed by atoms with Crippen LogP contribution in [-0.4, -0.2) is 45.4 Å². The van der Waals surface area contributed by atoms with Crippen molar-refractivity contribution in [2.24, 2.45) is 9.98 Å². The summed E-state index contributed by atoms with van der Waals surface area (Å²) in [5.74, 6) is 1.63. The summed E-state index contributed by atoms with van der Waals surface area (Å²) >= 11 is 0. The molecule has 8 heteroatoms. The number of amidine groups is 2. The van der Waals surface area contributed by atoms with Crippen LogP contribution in [-0.2, 0) is 4.74 Å². The van der Waals surface area contributed by atoms with E-state index in [0.717, 1.165) is 29.9 Å². The number of rotatable bonds is 4. The van der Waals surface area contributed by atoms with E-state index in [1.807, 2.05) is 37.3 Å². The molecule has 0 radical (unpaired) electrons. The average molecular weight is 445 g/mol. The highest BCUT2D eigenvalue weighted by atomic mass is 19.1. The van der Waals surface area contributed by atoms with Crippen LogP contribution >= 0.6 is 0 Å². The topological polar surface area (TPSA) is 81.0 Å². The van der Waals surface area contributed by atoms with Crippen molar-refractivity contribution in [3.63, 3.8) is 0 Å². The number of imidazole rings is 1. The SMILES string of the molecule is C=C(/N=C1\C(=C/C)N=C(c2ccc(N)cc2)N1C1CCOCC1)n1cnc2ccc(F)cc21. The number of anilines is 1. The molecule has 2 N–H and O–H groups in total. The normalized spacial score (nSPS) is 19.6. The zero-order valence-electron chi connectivity index (χ0n) is 18.4. The summed E-state index contributed by atoms with van der Waals surface area (Å²) in [6, 6.07) is 12.3. The fourth-order valence-corrected chi connectivity index (χ4v) is 4.23. The van der Waals surface area contributed by atoms with Gasteiger partial charge in [-0.05, 0) is 56.2 Å². The number of aromatic nitrogens is 2. The van der Waals surface area contributed by atoms with Crippen molar-refractivity contribution >= 4 is 34.2 Å². The highest BCUT2D eigenvalue weighted by Gasteiger charge is 2.35. The Morgan fingerprint density at radius 1 is 1.21 bits per heavy atom. The largest absolute Gasteiger partial charge is 0.399 e. The number of hydrogen-bond donors (Lipinski definition) is 1. The van der Waals surface area contributed by atoms with E-state index in [1.165, 1.54) is 12.1 Å². The molecular weight excluding hydrogens is 419 g/mol. The molecule has 0 saturated carbocycles. The Balaban J connectivity index is 1.59. The summed E-state index contributed by atoms with van der Waals surface area (Å²) in [6.45, 7) is 7.47. The third-order valence-corrected chi connectivity index (χ3v) is 5.93. The second-order valence-corrected chi connectivity index (χ2v) is 8.04.